The molecule has 1 aliphatic carbocycles. The van der Waals surface area contributed by atoms with E-state index >= 15 is 0 Å². The van der Waals surface area contributed by atoms with Gasteiger partial charge in [-0.2, -0.15) is 0 Å². The molecule has 0 heterocycles. The molecule has 1 amide bonds. The molecule has 138 valence electrons. The van der Waals surface area contributed by atoms with Crippen molar-refractivity contribution in [1.29, 1.82) is 0 Å². The molecule has 1 atom stereocenters. The van der Waals surface area contributed by atoms with Crippen LogP contribution in [0, 0.1) is 0 Å². The monoisotopic (exact) mass is 372 g/mol. The number of amides is 1. The number of rotatable bonds is 5. The van der Waals surface area contributed by atoms with Crippen LogP contribution in [-0.4, -0.2) is 27.6 Å². The number of carbonyl (C=O) groups excluding carboxylic acids is 1. The molecule has 1 N–H and O–H groups in total. The second-order valence-electron chi connectivity index (χ2n) is 6.85. The van der Waals surface area contributed by atoms with Crippen LogP contribution in [0.15, 0.2) is 42.5 Å². The van der Waals surface area contributed by atoms with Crippen molar-refractivity contribution in [3.8, 4) is 0 Å². The van der Waals surface area contributed by atoms with Gasteiger partial charge in [0.25, 0.3) is 5.91 Å². The molecule has 0 unspecified atom stereocenters. The molecule has 0 fully saturated rings. The second kappa shape index (κ2) is 7.11. The van der Waals surface area contributed by atoms with Gasteiger partial charge >= 0.3 is 0 Å². The minimum Gasteiger partial charge on any atom is -0.346 e. The molecule has 0 aromatic heterocycles. The minimum atomic E-state index is -3.32. The molecule has 5 nitrogen and oxygen atoms in total. The Bertz CT molecular complexity index is 921. The van der Waals surface area contributed by atoms with Crippen LogP contribution in [0.3, 0.4) is 0 Å². The van der Waals surface area contributed by atoms with E-state index in [0.717, 1.165) is 24.7 Å². The maximum Gasteiger partial charge on any atom is 0.251 e. The van der Waals surface area contributed by atoms with Gasteiger partial charge in [-0.1, -0.05) is 18.2 Å². The minimum absolute atomic E-state index is 0.0910. The van der Waals surface area contributed by atoms with Crippen LogP contribution in [0.2, 0.25) is 0 Å². The van der Waals surface area contributed by atoms with Crippen LogP contribution in [0.25, 0.3) is 0 Å². The van der Waals surface area contributed by atoms with E-state index in [1.807, 2.05) is 6.92 Å². The van der Waals surface area contributed by atoms with Crippen molar-refractivity contribution in [3.63, 3.8) is 0 Å². The maximum atomic E-state index is 12.5. The Morgan fingerprint density at radius 3 is 2.38 bits per heavy atom. The number of anilines is 1. The lowest BCUT2D eigenvalue weighted by atomic mass is 10.0. The normalized spacial score (nSPS) is 14.6. The second-order valence-corrected chi connectivity index (χ2v) is 8.87. The number of aryl methyl sites for hydroxylation is 2. The van der Waals surface area contributed by atoms with Crippen LogP contribution in [-0.2, 0) is 22.9 Å². The van der Waals surface area contributed by atoms with Gasteiger partial charge in [0.2, 0.25) is 10.0 Å². The van der Waals surface area contributed by atoms with Crippen molar-refractivity contribution < 1.29 is 13.2 Å². The molecule has 0 bridgehead atoms. The summed E-state index contributed by atoms with van der Waals surface area (Å²) < 4.78 is 24.3. The molecular weight excluding hydrogens is 348 g/mol. The van der Waals surface area contributed by atoms with E-state index in [1.165, 1.54) is 28.9 Å². The van der Waals surface area contributed by atoms with Crippen molar-refractivity contribution in [1.82, 2.24) is 5.32 Å². The molecule has 0 aliphatic heterocycles. The van der Waals surface area contributed by atoms with E-state index < -0.39 is 10.0 Å². The first-order valence-corrected chi connectivity index (χ1v) is 10.6. The lowest BCUT2D eigenvalue weighted by Crippen LogP contribution is -2.27. The summed E-state index contributed by atoms with van der Waals surface area (Å²) in [5.41, 5.74) is 4.93. The number of benzene rings is 2. The summed E-state index contributed by atoms with van der Waals surface area (Å²) in [6.07, 6.45) is 4.60. The van der Waals surface area contributed by atoms with Gasteiger partial charge in [-0.05, 0) is 67.1 Å². The smallest absolute Gasteiger partial charge is 0.251 e. The lowest BCUT2D eigenvalue weighted by Gasteiger charge is -2.18. The van der Waals surface area contributed by atoms with Gasteiger partial charge in [-0.25, -0.2) is 8.42 Å². The van der Waals surface area contributed by atoms with Crippen LogP contribution >= 0.6 is 0 Å². The third kappa shape index (κ3) is 3.90. The highest BCUT2D eigenvalue weighted by Crippen LogP contribution is 2.25. The zero-order chi connectivity index (χ0) is 18.9. The Balaban J connectivity index is 1.69. The highest BCUT2D eigenvalue weighted by Gasteiger charge is 2.16. The fraction of sp³-hybridized carbons (Fsp3) is 0.350. The van der Waals surface area contributed by atoms with Crippen molar-refractivity contribution in [2.75, 3.05) is 17.6 Å². The molecular formula is C20H24N2O3S. The van der Waals surface area contributed by atoms with Gasteiger partial charge in [0.1, 0.15) is 0 Å². The fourth-order valence-corrected chi connectivity index (χ4v) is 3.74. The molecule has 0 radical (unpaired) electrons. The molecule has 3 rings (SSSR count). The summed E-state index contributed by atoms with van der Waals surface area (Å²) in [4.78, 5) is 12.5. The van der Waals surface area contributed by atoms with E-state index in [4.69, 9.17) is 0 Å². The summed E-state index contributed by atoms with van der Waals surface area (Å²) in [5, 5.41) is 3.01. The summed E-state index contributed by atoms with van der Waals surface area (Å²) in [6, 6.07) is 12.9. The number of hydrogen-bond donors (Lipinski definition) is 1. The molecule has 0 saturated heterocycles. The summed E-state index contributed by atoms with van der Waals surface area (Å²) in [7, 11) is -1.83. The van der Waals surface area contributed by atoms with Gasteiger partial charge in [0, 0.05) is 12.6 Å². The van der Waals surface area contributed by atoms with Crippen molar-refractivity contribution >= 4 is 21.6 Å². The first-order valence-electron chi connectivity index (χ1n) is 8.72. The predicted octanol–water partition coefficient (Wildman–Crippen LogP) is 3.06. The van der Waals surface area contributed by atoms with E-state index in [2.05, 4.69) is 23.5 Å². The third-order valence-electron chi connectivity index (χ3n) is 4.96. The SMILES string of the molecule is C[C@H](NC(=O)c1ccc(N(C)S(C)(=O)=O)cc1)c1ccc2c(c1)CCC2. The number of sulfonamides is 1. The average Bonchev–Trinajstić information content (AvgIpc) is 3.08. The Hall–Kier alpha value is -2.34. The molecule has 2 aromatic rings. The van der Waals surface area contributed by atoms with E-state index in [-0.39, 0.29) is 11.9 Å². The molecule has 0 spiro atoms. The Labute approximate surface area is 155 Å². The number of nitrogens with zero attached hydrogens (tertiary/aromatic N) is 1. The number of fused-ring (bicyclic) bond motifs is 1. The molecule has 0 saturated carbocycles. The van der Waals surface area contributed by atoms with Gasteiger partial charge in [0.05, 0.1) is 18.0 Å². The van der Waals surface area contributed by atoms with E-state index in [9.17, 15) is 13.2 Å². The standard InChI is InChI=1S/C20H24N2O3S/c1-14(17-8-7-15-5-4-6-18(15)13-17)21-20(23)16-9-11-19(12-10-16)22(2)26(3,24)25/h7-14H,4-6H2,1-3H3,(H,21,23)/t14-/m0/s1. The van der Waals surface area contributed by atoms with Gasteiger partial charge in [0.15, 0.2) is 0 Å². The first kappa shape index (κ1) is 18.5. The van der Waals surface area contributed by atoms with Gasteiger partial charge in [-0.15, -0.1) is 0 Å². The van der Waals surface area contributed by atoms with E-state index in [0.29, 0.717) is 11.3 Å². The zero-order valence-electron chi connectivity index (χ0n) is 15.3. The molecule has 26 heavy (non-hydrogen) atoms. The van der Waals surface area contributed by atoms with Crippen molar-refractivity contribution in [3.05, 3.63) is 64.7 Å². The summed E-state index contributed by atoms with van der Waals surface area (Å²) in [5.74, 6) is -0.174. The summed E-state index contributed by atoms with van der Waals surface area (Å²) in [6.45, 7) is 1.97. The average molecular weight is 372 g/mol. The van der Waals surface area contributed by atoms with Crippen LogP contribution in [0.4, 0.5) is 5.69 Å². The van der Waals surface area contributed by atoms with Crippen molar-refractivity contribution in [2.24, 2.45) is 0 Å². The van der Waals surface area contributed by atoms with Crippen LogP contribution < -0.4 is 9.62 Å². The Morgan fingerprint density at radius 1 is 1.08 bits per heavy atom. The highest BCUT2D eigenvalue weighted by atomic mass is 32.2. The Morgan fingerprint density at radius 2 is 1.73 bits per heavy atom. The quantitative estimate of drug-likeness (QED) is 0.877. The molecule has 6 heteroatoms. The molecule has 1 aliphatic rings. The zero-order valence-corrected chi connectivity index (χ0v) is 16.1. The largest absolute Gasteiger partial charge is 0.346 e. The fourth-order valence-electron chi connectivity index (χ4n) is 3.24. The number of nitrogens with one attached hydrogen (secondary N) is 1. The predicted molar refractivity (Wildman–Crippen MR) is 104 cm³/mol. The van der Waals surface area contributed by atoms with Crippen molar-refractivity contribution in [2.45, 2.75) is 32.2 Å². The summed E-state index contributed by atoms with van der Waals surface area (Å²) >= 11 is 0. The van der Waals surface area contributed by atoms with E-state index in [1.54, 1.807) is 24.3 Å². The Kier molecular flexibility index (Phi) is 5.05. The third-order valence-corrected chi connectivity index (χ3v) is 6.17. The lowest BCUT2D eigenvalue weighted by molar-refractivity contribution is 0.0940. The number of carbonyl (C=O) groups is 1. The first-order chi connectivity index (χ1) is 12.3. The topological polar surface area (TPSA) is 66.5 Å². The number of hydrogen-bond acceptors (Lipinski definition) is 3. The van der Waals surface area contributed by atoms with Gasteiger partial charge in [-0.3, -0.25) is 9.10 Å². The van der Waals surface area contributed by atoms with Gasteiger partial charge < -0.3 is 5.32 Å². The maximum absolute atomic E-state index is 12.5. The highest BCUT2D eigenvalue weighted by molar-refractivity contribution is 7.92. The van der Waals surface area contributed by atoms with Crippen LogP contribution in [0.5, 0.6) is 0 Å². The molecule has 2 aromatic carbocycles. The van der Waals surface area contributed by atoms with Crippen LogP contribution in [0.1, 0.15) is 46.4 Å².